The second-order valence-corrected chi connectivity index (χ2v) is 7.03. The number of aryl methyl sites for hydroxylation is 1. The molecule has 1 amide bonds. The molecule has 0 spiro atoms. The van der Waals surface area contributed by atoms with Gasteiger partial charge in [-0.1, -0.05) is 15.9 Å². The Morgan fingerprint density at radius 3 is 2.62 bits per heavy atom. The monoisotopic (exact) mass is 354 g/mol. The van der Waals surface area contributed by atoms with Gasteiger partial charge in [0.2, 0.25) is 0 Å². The van der Waals surface area contributed by atoms with E-state index in [2.05, 4.69) is 40.0 Å². The number of benzene rings is 1. The molecule has 1 N–H and O–H groups in total. The summed E-state index contributed by atoms with van der Waals surface area (Å²) >= 11 is 3.43. The van der Waals surface area contributed by atoms with Gasteiger partial charge < -0.3 is 10.1 Å². The van der Waals surface area contributed by atoms with Crippen molar-refractivity contribution in [2.45, 2.75) is 26.3 Å². The number of nitrogens with zero attached hydrogens (tertiary/aromatic N) is 1. The molecule has 1 fully saturated rings. The standard InChI is InChI=1S/C16H23BrN2O2/c1-12-8-13(10-14(17)9-12)15(20)18-11-16(2,3)19-4-6-21-7-5-19/h8-10H,4-7,11H2,1-3H3,(H,18,20). The van der Waals surface area contributed by atoms with E-state index in [1.165, 1.54) is 0 Å². The highest BCUT2D eigenvalue weighted by molar-refractivity contribution is 9.10. The molecular weight excluding hydrogens is 332 g/mol. The van der Waals surface area contributed by atoms with Gasteiger partial charge in [-0.2, -0.15) is 0 Å². The third-order valence-electron chi connectivity index (χ3n) is 3.85. The lowest BCUT2D eigenvalue weighted by Gasteiger charge is -2.40. The number of morpholine rings is 1. The summed E-state index contributed by atoms with van der Waals surface area (Å²) in [4.78, 5) is 14.7. The number of hydrogen-bond acceptors (Lipinski definition) is 3. The molecule has 1 aliphatic rings. The number of carbonyl (C=O) groups excluding carboxylic acids is 1. The molecule has 5 heteroatoms. The van der Waals surface area contributed by atoms with Gasteiger partial charge in [0, 0.05) is 35.2 Å². The van der Waals surface area contributed by atoms with Crippen molar-refractivity contribution in [3.05, 3.63) is 33.8 Å². The van der Waals surface area contributed by atoms with Gasteiger partial charge in [0.1, 0.15) is 0 Å². The fraction of sp³-hybridized carbons (Fsp3) is 0.562. The first-order valence-corrected chi connectivity index (χ1v) is 8.06. The van der Waals surface area contributed by atoms with Crippen molar-refractivity contribution in [3.8, 4) is 0 Å². The second-order valence-electron chi connectivity index (χ2n) is 6.11. The summed E-state index contributed by atoms with van der Waals surface area (Å²) in [6.45, 7) is 10.3. The number of rotatable bonds is 4. The molecule has 1 saturated heterocycles. The molecule has 4 nitrogen and oxygen atoms in total. The quantitative estimate of drug-likeness (QED) is 0.903. The molecule has 0 atom stereocenters. The van der Waals surface area contributed by atoms with Gasteiger partial charge in [0.25, 0.3) is 5.91 Å². The molecular formula is C16H23BrN2O2. The van der Waals surface area contributed by atoms with Crippen LogP contribution >= 0.6 is 15.9 Å². The van der Waals surface area contributed by atoms with Crippen molar-refractivity contribution < 1.29 is 9.53 Å². The van der Waals surface area contributed by atoms with E-state index in [0.717, 1.165) is 36.3 Å². The summed E-state index contributed by atoms with van der Waals surface area (Å²) in [7, 11) is 0. The molecule has 21 heavy (non-hydrogen) atoms. The van der Waals surface area contributed by atoms with E-state index >= 15 is 0 Å². The fourth-order valence-corrected chi connectivity index (χ4v) is 3.15. The van der Waals surface area contributed by atoms with Crippen molar-refractivity contribution in [2.75, 3.05) is 32.8 Å². The maximum absolute atomic E-state index is 12.3. The van der Waals surface area contributed by atoms with Crippen LogP contribution in [0, 0.1) is 6.92 Å². The van der Waals surface area contributed by atoms with E-state index in [4.69, 9.17) is 4.74 Å². The van der Waals surface area contributed by atoms with Crippen LogP contribution in [0.4, 0.5) is 0 Å². The molecule has 1 aromatic carbocycles. The van der Waals surface area contributed by atoms with Crippen molar-refractivity contribution in [2.24, 2.45) is 0 Å². The Morgan fingerprint density at radius 2 is 2.00 bits per heavy atom. The number of hydrogen-bond donors (Lipinski definition) is 1. The van der Waals surface area contributed by atoms with Gasteiger partial charge in [-0.3, -0.25) is 9.69 Å². The minimum Gasteiger partial charge on any atom is -0.379 e. The van der Waals surface area contributed by atoms with Crippen molar-refractivity contribution in [1.82, 2.24) is 10.2 Å². The van der Waals surface area contributed by atoms with Crippen LogP contribution in [-0.2, 0) is 4.74 Å². The highest BCUT2D eigenvalue weighted by Gasteiger charge is 2.28. The molecule has 0 aromatic heterocycles. The van der Waals surface area contributed by atoms with Crippen LogP contribution in [0.2, 0.25) is 0 Å². The Labute approximate surface area is 135 Å². The molecule has 2 rings (SSSR count). The van der Waals surface area contributed by atoms with E-state index in [1.54, 1.807) is 0 Å². The first-order chi connectivity index (χ1) is 9.88. The second kappa shape index (κ2) is 6.90. The maximum atomic E-state index is 12.3. The zero-order valence-electron chi connectivity index (χ0n) is 12.9. The largest absolute Gasteiger partial charge is 0.379 e. The fourth-order valence-electron chi connectivity index (χ4n) is 2.55. The Balaban J connectivity index is 1.96. The molecule has 116 valence electrons. The van der Waals surface area contributed by atoms with Crippen LogP contribution in [0.15, 0.2) is 22.7 Å². The number of nitrogens with one attached hydrogen (secondary N) is 1. The van der Waals surface area contributed by atoms with Crippen LogP contribution in [0.5, 0.6) is 0 Å². The molecule has 1 aromatic rings. The number of halogens is 1. The number of amides is 1. The van der Waals surface area contributed by atoms with Crippen LogP contribution < -0.4 is 5.32 Å². The highest BCUT2D eigenvalue weighted by Crippen LogP contribution is 2.17. The average molecular weight is 355 g/mol. The van der Waals surface area contributed by atoms with E-state index in [1.807, 2.05) is 25.1 Å². The van der Waals surface area contributed by atoms with Gasteiger partial charge in [-0.15, -0.1) is 0 Å². The van der Waals surface area contributed by atoms with Crippen LogP contribution in [0.25, 0.3) is 0 Å². The van der Waals surface area contributed by atoms with E-state index in [-0.39, 0.29) is 11.4 Å². The summed E-state index contributed by atoms with van der Waals surface area (Å²) in [5.41, 5.74) is 1.70. The SMILES string of the molecule is Cc1cc(Br)cc(C(=O)NCC(C)(C)N2CCOCC2)c1. The zero-order chi connectivity index (χ0) is 15.5. The molecule has 0 aliphatic carbocycles. The predicted octanol–water partition coefficient (Wildman–Crippen LogP) is 2.60. The van der Waals surface area contributed by atoms with Gasteiger partial charge in [-0.25, -0.2) is 0 Å². The van der Waals surface area contributed by atoms with Crippen LogP contribution in [0.3, 0.4) is 0 Å². The Morgan fingerprint density at radius 1 is 1.33 bits per heavy atom. The van der Waals surface area contributed by atoms with E-state index in [9.17, 15) is 4.79 Å². The van der Waals surface area contributed by atoms with Gasteiger partial charge in [-0.05, 0) is 44.5 Å². The zero-order valence-corrected chi connectivity index (χ0v) is 14.5. The van der Waals surface area contributed by atoms with Gasteiger partial charge in [0.15, 0.2) is 0 Å². The third-order valence-corrected chi connectivity index (χ3v) is 4.31. The average Bonchev–Trinajstić information content (AvgIpc) is 2.45. The number of carbonyl (C=O) groups is 1. The molecule has 1 aliphatic heterocycles. The van der Waals surface area contributed by atoms with E-state index < -0.39 is 0 Å². The lowest BCUT2D eigenvalue weighted by Crippen LogP contribution is -2.55. The molecule has 0 saturated carbocycles. The number of ether oxygens (including phenoxy) is 1. The normalized spacial score (nSPS) is 16.8. The van der Waals surface area contributed by atoms with Crippen molar-refractivity contribution >= 4 is 21.8 Å². The van der Waals surface area contributed by atoms with Crippen molar-refractivity contribution in [3.63, 3.8) is 0 Å². The van der Waals surface area contributed by atoms with Crippen LogP contribution in [-0.4, -0.2) is 49.2 Å². The molecule has 0 radical (unpaired) electrons. The summed E-state index contributed by atoms with van der Waals surface area (Å²) in [6.07, 6.45) is 0. The lowest BCUT2D eigenvalue weighted by molar-refractivity contribution is -0.00923. The predicted molar refractivity (Wildman–Crippen MR) is 87.7 cm³/mol. The highest BCUT2D eigenvalue weighted by atomic mass is 79.9. The van der Waals surface area contributed by atoms with E-state index in [0.29, 0.717) is 12.1 Å². The minimum absolute atomic E-state index is 0.0271. The molecule has 0 bridgehead atoms. The summed E-state index contributed by atoms with van der Waals surface area (Å²) in [6, 6.07) is 5.75. The Kier molecular flexibility index (Phi) is 5.41. The van der Waals surface area contributed by atoms with Crippen LogP contribution in [0.1, 0.15) is 29.8 Å². The maximum Gasteiger partial charge on any atom is 0.251 e. The van der Waals surface area contributed by atoms with Gasteiger partial charge in [0.05, 0.1) is 13.2 Å². The Bertz CT molecular complexity index is 491. The molecule has 0 unspecified atom stereocenters. The lowest BCUT2D eigenvalue weighted by atomic mass is 10.0. The molecule has 1 heterocycles. The Hall–Kier alpha value is -0.910. The summed E-state index contributed by atoms with van der Waals surface area (Å²) in [5.74, 6) is -0.0271. The summed E-state index contributed by atoms with van der Waals surface area (Å²) in [5, 5.41) is 3.05. The van der Waals surface area contributed by atoms with Crippen molar-refractivity contribution in [1.29, 1.82) is 0 Å². The minimum atomic E-state index is -0.0690. The van der Waals surface area contributed by atoms with Gasteiger partial charge >= 0.3 is 0 Å². The smallest absolute Gasteiger partial charge is 0.251 e. The first-order valence-electron chi connectivity index (χ1n) is 7.27. The summed E-state index contributed by atoms with van der Waals surface area (Å²) < 4.78 is 6.31. The topological polar surface area (TPSA) is 41.6 Å². The third kappa shape index (κ3) is 4.53. The first kappa shape index (κ1) is 16.5.